The van der Waals surface area contributed by atoms with Crippen molar-refractivity contribution in [3.63, 3.8) is 0 Å². The second kappa shape index (κ2) is 7.49. The molecule has 1 aliphatic carbocycles. The van der Waals surface area contributed by atoms with Gasteiger partial charge in [-0.3, -0.25) is 9.59 Å². The number of nitrogens with one attached hydrogen (secondary N) is 2. The third-order valence-electron chi connectivity index (χ3n) is 5.23. The molecule has 1 aromatic carbocycles. The Morgan fingerprint density at radius 1 is 1.39 bits per heavy atom. The molecule has 2 aromatic heterocycles. The van der Waals surface area contributed by atoms with Crippen molar-refractivity contribution < 1.29 is 27.5 Å². The van der Waals surface area contributed by atoms with Crippen LogP contribution >= 0.6 is 0 Å². The number of aliphatic hydroxyl groups is 1. The van der Waals surface area contributed by atoms with Crippen LogP contribution in [0.15, 0.2) is 29.2 Å². The van der Waals surface area contributed by atoms with Gasteiger partial charge in [0.15, 0.2) is 5.69 Å². The molecule has 4 rings (SSSR count). The number of nitrogens with zero attached hydrogens (tertiary/aromatic N) is 2. The number of benzene rings is 1. The molecule has 1 saturated carbocycles. The minimum atomic E-state index is -4.84. The van der Waals surface area contributed by atoms with Gasteiger partial charge >= 0.3 is 6.18 Å². The number of fused-ring (bicyclic) bond motifs is 1. The molecule has 1 atom stereocenters. The van der Waals surface area contributed by atoms with E-state index in [0.29, 0.717) is 24.0 Å². The average molecular weight is 438 g/mol. The summed E-state index contributed by atoms with van der Waals surface area (Å²) in [6.07, 6.45) is -2.14. The molecule has 1 aliphatic rings. The van der Waals surface area contributed by atoms with Crippen molar-refractivity contribution in [2.24, 2.45) is 0 Å². The summed E-state index contributed by atoms with van der Waals surface area (Å²) in [5.41, 5.74) is 0.440. The summed E-state index contributed by atoms with van der Waals surface area (Å²) in [7, 11) is 0. The van der Waals surface area contributed by atoms with Crippen molar-refractivity contribution in [3.05, 3.63) is 57.4 Å². The van der Waals surface area contributed by atoms with Crippen LogP contribution < -0.4 is 10.9 Å². The van der Waals surface area contributed by atoms with Gasteiger partial charge in [0.2, 0.25) is 0 Å². The quantitative estimate of drug-likeness (QED) is 0.534. The second-order valence-corrected chi connectivity index (χ2v) is 7.54. The maximum absolute atomic E-state index is 13.9. The van der Waals surface area contributed by atoms with Gasteiger partial charge in [-0.1, -0.05) is 12.1 Å². The zero-order valence-corrected chi connectivity index (χ0v) is 16.3. The second-order valence-electron chi connectivity index (χ2n) is 7.54. The molecule has 0 unspecified atom stereocenters. The number of halogens is 4. The van der Waals surface area contributed by atoms with E-state index in [4.69, 9.17) is 5.11 Å². The van der Waals surface area contributed by atoms with Gasteiger partial charge in [0, 0.05) is 11.1 Å². The summed E-state index contributed by atoms with van der Waals surface area (Å²) in [6, 6.07) is 1.92. The van der Waals surface area contributed by atoms with Gasteiger partial charge in [0.1, 0.15) is 17.4 Å². The predicted molar refractivity (Wildman–Crippen MR) is 102 cm³/mol. The number of aryl methyl sites for hydroxylation is 1. The molecular weight excluding hydrogens is 420 g/mol. The molecule has 0 aliphatic heterocycles. The molecule has 2 heterocycles. The predicted octanol–water partition coefficient (Wildman–Crippen LogP) is 2.67. The zero-order valence-electron chi connectivity index (χ0n) is 16.3. The Hall–Kier alpha value is -3.21. The molecule has 3 N–H and O–H groups in total. The first-order valence-electron chi connectivity index (χ1n) is 9.50. The number of aliphatic hydroxyl groups excluding tert-OH is 1. The smallest absolute Gasteiger partial charge is 0.394 e. The van der Waals surface area contributed by atoms with E-state index < -0.39 is 36.1 Å². The van der Waals surface area contributed by atoms with Crippen molar-refractivity contribution in [3.8, 4) is 11.3 Å². The van der Waals surface area contributed by atoms with Crippen molar-refractivity contribution in [2.75, 3.05) is 6.61 Å². The Kier molecular flexibility index (Phi) is 5.08. The number of amides is 1. The fourth-order valence-electron chi connectivity index (χ4n) is 3.39. The van der Waals surface area contributed by atoms with Gasteiger partial charge < -0.3 is 15.4 Å². The number of aromatic amines is 1. The van der Waals surface area contributed by atoms with Gasteiger partial charge in [0.25, 0.3) is 11.5 Å². The van der Waals surface area contributed by atoms with Gasteiger partial charge in [-0.05, 0) is 37.3 Å². The first-order chi connectivity index (χ1) is 14.6. The average Bonchev–Trinajstić information content (AvgIpc) is 3.46. The van der Waals surface area contributed by atoms with Gasteiger partial charge in [-0.2, -0.15) is 18.3 Å². The third-order valence-corrected chi connectivity index (χ3v) is 5.23. The summed E-state index contributed by atoms with van der Waals surface area (Å²) in [5, 5.41) is 14.8. The Morgan fingerprint density at radius 2 is 2.10 bits per heavy atom. The fourth-order valence-corrected chi connectivity index (χ4v) is 3.39. The lowest BCUT2D eigenvalue weighted by Crippen LogP contribution is -2.48. The number of carbonyl (C=O) groups is 1. The van der Waals surface area contributed by atoms with Crippen molar-refractivity contribution in [1.29, 1.82) is 0 Å². The van der Waals surface area contributed by atoms with Crippen LogP contribution in [0.2, 0.25) is 0 Å². The largest absolute Gasteiger partial charge is 0.410 e. The molecule has 7 nitrogen and oxygen atoms in total. The molecule has 3 aromatic rings. The zero-order chi connectivity index (χ0) is 22.5. The van der Waals surface area contributed by atoms with E-state index in [1.54, 1.807) is 18.3 Å². The lowest BCUT2D eigenvalue weighted by Gasteiger charge is -2.18. The minimum absolute atomic E-state index is 0.0524. The standard InChI is InChI=1S/C20H18F4N4O3/c1-9-2-3-11(6-12(9)21)13-7-28-17(19(31)25-13)15(10-4-5-10)16(27-28)18(30)26-14(8-29)20(22,23)24/h2-3,6-7,10,14,29H,4-5,8H2,1H3,(H,25,31)(H,26,30)/t14-/m1/s1. The van der Waals surface area contributed by atoms with Crippen LogP contribution in [0, 0.1) is 12.7 Å². The van der Waals surface area contributed by atoms with Crippen molar-refractivity contribution >= 4 is 11.4 Å². The van der Waals surface area contributed by atoms with E-state index in [0.717, 1.165) is 4.52 Å². The number of hydrogen-bond donors (Lipinski definition) is 3. The van der Waals surface area contributed by atoms with E-state index in [1.165, 1.54) is 18.3 Å². The Labute approximate surface area is 172 Å². The van der Waals surface area contributed by atoms with E-state index in [1.807, 2.05) is 0 Å². The molecule has 1 fully saturated rings. The minimum Gasteiger partial charge on any atom is -0.394 e. The maximum Gasteiger partial charge on any atom is 0.410 e. The van der Waals surface area contributed by atoms with Crippen molar-refractivity contribution in [1.82, 2.24) is 19.9 Å². The highest BCUT2D eigenvalue weighted by Crippen LogP contribution is 2.43. The molecule has 31 heavy (non-hydrogen) atoms. The number of carbonyl (C=O) groups excluding carboxylic acids is 1. The SMILES string of the molecule is Cc1ccc(-c2cn3nc(C(=O)N[C@H](CO)C(F)(F)F)c(C4CC4)c3c(=O)[nH]2)cc1F. The Bertz CT molecular complexity index is 1230. The van der Waals surface area contributed by atoms with E-state index >= 15 is 0 Å². The van der Waals surface area contributed by atoms with Gasteiger partial charge in [-0.15, -0.1) is 0 Å². The molecule has 1 amide bonds. The molecule has 11 heteroatoms. The van der Waals surface area contributed by atoms with Gasteiger partial charge in [-0.25, -0.2) is 8.91 Å². The van der Waals surface area contributed by atoms with Crippen LogP contribution in [-0.4, -0.2) is 44.4 Å². The first-order valence-corrected chi connectivity index (χ1v) is 9.50. The van der Waals surface area contributed by atoms with Crippen LogP contribution in [0.25, 0.3) is 16.8 Å². The number of aromatic nitrogens is 3. The van der Waals surface area contributed by atoms with Gasteiger partial charge in [0.05, 0.1) is 18.5 Å². The molecule has 0 saturated heterocycles. The van der Waals surface area contributed by atoms with Crippen LogP contribution in [0.4, 0.5) is 17.6 Å². The summed E-state index contributed by atoms with van der Waals surface area (Å²) >= 11 is 0. The summed E-state index contributed by atoms with van der Waals surface area (Å²) in [5.74, 6) is -1.79. The summed E-state index contributed by atoms with van der Waals surface area (Å²) < 4.78 is 53.9. The van der Waals surface area contributed by atoms with Crippen LogP contribution in [0.1, 0.15) is 40.4 Å². The van der Waals surface area contributed by atoms with Crippen LogP contribution in [0.5, 0.6) is 0 Å². The Morgan fingerprint density at radius 3 is 2.68 bits per heavy atom. The van der Waals surface area contributed by atoms with E-state index in [2.05, 4.69) is 10.1 Å². The topological polar surface area (TPSA) is 99.5 Å². The highest BCUT2D eigenvalue weighted by molar-refractivity contribution is 5.96. The number of H-pyrrole nitrogens is 1. The van der Waals surface area contributed by atoms with E-state index in [-0.39, 0.29) is 28.4 Å². The number of hydrogen-bond acceptors (Lipinski definition) is 4. The molecule has 0 spiro atoms. The van der Waals surface area contributed by atoms with Crippen molar-refractivity contribution in [2.45, 2.75) is 37.9 Å². The number of alkyl halides is 3. The fraction of sp³-hybridized carbons (Fsp3) is 0.350. The molecule has 0 radical (unpaired) electrons. The first kappa shape index (κ1) is 21.0. The number of rotatable bonds is 5. The van der Waals surface area contributed by atoms with Crippen LogP contribution in [0.3, 0.4) is 0 Å². The Balaban J connectivity index is 1.81. The van der Waals surface area contributed by atoms with E-state index in [9.17, 15) is 27.2 Å². The lowest BCUT2D eigenvalue weighted by molar-refractivity contribution is -0.161. The summed E-state index contributed by atoms with van der Waals surface area (Å²) in [6.45, 7) is 0.261. The van der Waals surface area contributed by atoms with Crippen LogP contribution in [-0.2, 0) is 0 Å². The highest BCUT2D eigenvalue weighted by atomic mass is 19.4. The molecular formula is C20H18F4N4O3. The molecule has 164 valence electrons. The highest BCUT2D eigenvalue weighted by Gasteiger charge is 2.42. The monoisotopic (exact) mass is 438 g/mol. The third kappa shape index (κ3) is 3.92. The normalized spacial score (nSPS) is 15.3. The lowest BCUT2D eigenvalue weighted by atomic mass is 10.1. The maximum atomic E-state index is 13.9. The summed E-state index contributed by atoms with van der Waals surface area (Å²) in [4.78, 5) is 28.0. The molecule has 0 bridgehead atoms.